The van der Waals surface area contributed by atoms with Crippen molar-refractivity contribution in [2.24, 2.45) is 7.05 Å². The molecule has 25 heavy (non-hydrogen) atoms. The van der Waals surface area contributed by atoms with E-state index in [1.165, 1.54) is 0 Å². The summed E-state index contributed by atoms with van der Waals surface area (Å²) in [5.74, 6) is 0.601. The van der Waals surface area contributed by atoms with Gasteiger partial charge in [0.05, 0.1) is 23.3 Å². The number of anilines is 1. The van der Waals surface area contributed by atoms with E-state index >= 15 is 0 Å². The lowest BCUT2D eigenvalue weighted by Crippen LogP contribution is -2.35. The van der Waals surface area contributed by atoms with Gasteiger partial charge in [-0.2, -0.15) is 0 Å². The number of nitrogens with two attached hydrogens (primary N) is 1. The average Bonchev–Trinajstić information content (AvgIpc) is 3.01. The molecule has 0 fully saturated rings. The number of benzene rings is 1. The van der Waals surface area contributed by atoms with Crippen LogP contribution >= 0.6 is 0 Å². The Kier molecular flexibility index (Phi) is 3.85. The molecule has 0 saturated heterocycles. The molecule has 0 unspecified atom stereocenters. The second-order valence-corrected chi connectivity index (χ2v) is 6.42. The molecular weight excluding hydrogens is 316 g/mol. The third-order valence-corrected chi connectivity index (χ3v) is 4.63. The highest BCUT2D eigenvalue weighted by Gasteiger charge is 2.22. The topological polar surface area (TPSA) is 92.8 Å². The summed E-state index contributed by atoms with van der Waals surface area (Å²) >= 11 is 0. The Morgan fingerprint density at radius 1 is 1.28 bits per heavy atom. The number of nitrogens with zero attached hydrogens (tertiary/aromatic N) is 4. The van der Waals surface area contributed by atoms with Gasteiger partial charge in [0, 0.05) is 50.6 Å². The molecule has 0 aliphatic carbocycles. The number of aryl methyl sites for hydroxylation is 1. The number of aromatic nitrogens is 4. The maximum absolute atomic E-state index is 12.6. The minimum atomic E-state index is -0.0634. The number of imidazole rings is 1. The summed E-state index contributed by atoms with van der Waals surface area (Å²) in [5, 5.41) is 0. The van der Waals surface area contributed by atoms with Crippen molar-refractivity contribution >= 4 is 5.69 Å². The number of nitrogen functional groups attached to an aromatic ring is 1. The second-order valence-electron chi connectivity index (χ2n) is 6.42. The van der Waals surface area contributed by atoms with E-state index in [0.29, 0.717) is 18.1 Å². The Balaban J connectivity index is 1.60. The lowest BCUT2D eigenvalue weighted by molar-refractivity contribution is 0.236. The lowest BCUT2D eigenvalue weighted by atomic mass is 10.1. The van der Waals surface area contributed by atoms with E-state index in [1.807, 2.05) is 42.1 Å². The fraction of sp³-hybridized carbons (Fsp3) is 0.278. The van der Waals surface area contributed by atoms with Crippen molar-refractivity contribution in [2.75, 3.05) is 12.3 Å². The molecule has 0 amide bonds. The van der Waals surface area contributed by atoms with E-state index in [2.05, 4.69) is 19.9 Å². The molecule has 7 nitrogen and oxygen atoms in total. The van der Waals surface area contributed by atoms with Gasteiger partial charge >= 0.3 is 0 Å². The lowest BCUT2D eigenvalue weighted by Gasteiger charge is -2.27. The van der Waals surface area contributed by atoms with Gasteiger partial charge in [0.15, 0.2) is 0 Å². The Bertz CT molecular complexity index is 956. The van der Waals surface area contributed by atoms with Crippen molar-refractivity contribution in [3.05, 3.63) is 64.1 Å². The number of fused-ring (bicyclic) bond motifs is 1. The predicted molar refractivity (Wildman–Crippen MR) is 95.7 cm³/mol. The van der Waals surface area contributed by atoms with Gasteiger partial charge in [0.1, 0.15) is 5.82 Å². The van der Waals surface area contributed by atoms with Crippen LogP contribution in [0, 0.1) is 0 Å². The molecule has 1 aliphatic rings. The number of H-pyrrole nitrogens is 1. The zero-order valence-electron chi connectivity index (χ0n) is 14.1. The molecule has 1 aromatic carbocycles. The van der Waals surface area contributed by atoms with Gasteiger partial charge in [-0.1, -0.05) is 0 Å². The van der Waals surface area contributed by atoms with Crippen LogP contribution in [0.2, 0.25) is 0 Å². The zero-order valence-corrected chi connectivity index (χ0v) is 14.1. The van der Waals surface area contributed by atoms with E-state index in [-0.39, 0.29) is 5.56 Å². The quantitative estimate of drug-likeness (QED) is 0.704. The molecule has 2 aromatic heterocycles. The first-order valence-corrected chi connectivity index (χ1v) is 8.25. The monoisotopic (exact) mass is 336 g/mol. The maximum atomic E-state index is 12.6. The number of hydrogen-bond acceptors (Lipinski definition) is 5. The summed E-state index contributed by atoms with van der Waals surface area (Å²) in [6.45, 7) is 2.25. The van der Waals surface area contributed by atoms with Crippen LogP contribution in [0.3, 0.4) is 0 Å². The standard InChI is InChI=1S/C18H20N6O/c1-23-11-20-8-14(23)9-24-7-6-16-15(10-24)18(25)22-17(21-16)12-2-4-13(19)5-3-12/h2-5,8,11H,6-7,9-10,19H2,1H3,(H,21,22,25). The van der Waals surface area contributed by atoms with Gasteiger partial charge < -0.3 is 15.3 Å². The summed E-state index contributed by atoms with van der Waals surface area (Å²) < 4.78 is 2.00. The third kappa shape index (κ3) is 3.06. The zero-order chi connectivity index (χ0) is 17.4. The Morgan fingerprint density at radius 3 is 2.80 bits per heavy atom. The molecule has 3 N–H and O–H groups in total. The van der Waals surface area contributed by atoms with Crippen LogP contribution < -0.4 is 11.3 Å². The summed E-state index contributed by atoms with van der Waals surface area (Å²) in [6.07, 6.45) is 4.42. The molecule has 0 spiro atoms. The van der Waals surface area contributed by atoms with Gasteiger partial charge in [-0.05, 0) is 24.3 Å². The van der Waals surface area contributed by atoms with Crippen LogP contribution in [0.5, 0.6) is 0 Å². The van der Waals surface area contributed by atoms with Gasteiger partial charge in [0.2, 0.25) is 0 Å². The first-order chi connectivity index (χ1) is 12.1. The molecule has 0 saturated carbocycles. The smallest absolute Gasteiger partial charge is 0.255 e. The molecule has 3 aromatic rings. The van der Waals surface area contributed by atoms with Crippen LogP contribution in [-0.2, 0) is 26.6 Å². The number of rotatable bonds is 3. The molecule has 128 valence electrons. The van der Waals surface area contributed by atoms with E-state index in [4.69, 9.17) is 5.73 Å². The van der Waals surface area contributed by atoms with Crippen molar-refractivity contribution in [2.45, 2.75) is 19.5 Å². The predicted octanol–water partition coefficient (Wildman–Crippen LogP) is 1.31. The first-order valence-electron chi connectivity index (χ1n) is 8.25. The number of hydrogen-bond donors (Lipinski definition) is 2. The van der Waals surface area contributed by atoms with Crippen LogP contribution in [-0.4, -0.2) is 31.0 Å². The Morgan fingerprint density at radius 2 is 2.08 bits per heavy atom. The summed E-state index contributed by atoms with van der Waals surface area (Å²) in [4.78, 5) is 26.6. The fourth-order valence-electron chi connectivity index (χ4n) is 3.16. The van der Waals surface area contributed by atoms with Gasteiger partial charge in [0.25, 0.3) is 5.56 Å². The minimum Gasteiger partial charge on any atom is -0.399 e. The fourth-order valence-corrected chi connectivity index (χ4v) is 3.16. The summed E-state index contributed by atoms with van der Waals surface area (Å²) in [6, 6.07) is 7.36. The third-order valence-electron chi connectivity index (χ3n) is 4.63. The van der Waals surface area contributed by atoms with Crippen molar-refractivity contribution in [3.8, 4) is 11.4 Å². The van der Waals surface area contributed by atoms with E-state index < -0.39 is 0 Å². The Labute approximate surface area is 145 Å². The van der Waals surface area contributed by atoms with Gasteiger partial charge in [-0.3, -0.25) is 9.69 Å². The molecular formula is C18H20N6O. The molecule has 3 heterocycles. The van der Waals surface area contributed by atoms with Crippen LogP contribution in [0.1, 0.15) is 17.0 Å². The minimum absolute atomic E-state index is 0.0634. The van der Waals surface area contributed by atoms with Crippen LogP contribution in [0.4, 0.5) is 5.69 Å². The van der Waals surface area contributed by atoms with Crippen molar-refractivity contribution < 1.29 is 0 Å². The molecule has 7 heteroatoms. The van der Waals surface area contributed by atoms with Crippen LogP contribution in [0.15, 0.2) is 41.6 Å². The normalized spacial score (nSPS) is 14.4. The highest BCUT2D eigenvalue weighted by atomic mass is 16.1. The highest BCUT2D eigenvalue weighted by Crippen LogP contribution is 2.20. The molecule has 0 atom stereocenters. The Hall–Kier alpha value is -2.93. The largest absolute Gasteiger partial charge is 0.399 e. The molecule has 4 rings (SSSR count). The summed E-state index contributed by atoms with van der Waals surface area (Å²) in [7, 11) is 1.98. The van der Waals surface area contributed by atoms with Crippen molar-refractivity contribution in [3.63, 3.8) is 0 Å². The van der Waals surface area contributed by atoms with E-state index in [0.717, 1.165) is 42.0 Å². The second kappa shape index (κ2) is 6.18. The first kappa shape index (κ1) is 15.6. The SMILES string of the molecule is Cn1cncc1CN1CCc2nc(-c3ccc(N)cc3)[nH]c(=O)c2C1. The average molecular weight is 336 g/mol. The van der Waals surface area contributed by atoms with E-state index in [1.54, 1.807) is 6.33 Å². The van der Waals surface area contributed by atoms with Crippen LogP contribution in [0.25, 0.3) is 11.4 Å². The van der Waals surface area contributed by atoms with Crippen molar-refractivity contribution in [1.29, 1.82) is 0 Å². The molecule has 1 aliphatic heterocycles. The van der Waals surface area contributed by atoms with Gasteiger partial charge in [-0.25, -0.2) is 9.97 Å². The van der Waals surface area contributed by atoms with Gasteiger partial charge in [-0.15, -0.1) is 0 Å². The highest BCUT2D eigenvalue weighted by molar-refractivity contribution is 5.58. The van der Waals surface area contributed by atoms with E-state index in [9.17, 15) is 4.79 Å². The number of nitrogens with one attached hydrogen (secondary N) is 1. The van der Waals surface area contributed by atoms with Crippen molar-refractivity contribution in [1.82, 2.24) is 24.4 Å². The summed E-state index contributed by atoms with van der Waals surface area (Å²) in [5.41, 5.74) is 9.99. The number of aromatic amines is 1. The maximum Gasteiger partial charge on any atom is 0.255 e. The molecule has 0 bridgehead atoms. The molecule has 0 radical (unpaired) electrons.